The van der Waals surface area contributed by atoms with Gasteiger partial charge in [-0.25, -0.2) is 9.97 Å². The van der Waals surface area contributed by atoms with Crippen molar-refractivity contribution in [2.75, 3.05) is 13.1 Å². The van der Waals surface area contributed by atoms with Gasteiger partial charge >= 0.3 is 0 Å². The van der Waals surface area contributed by atoms with Crippen LogP contribution in [0.4, 0.5) is 0 Å². The van der Waals surface area contributed by atoms with Gasteiger partial charge in [-0.3, -0.25) is 0 Å². The molecule has 0 amide bonds. The number of aromatic nitrogens is 2. The Labute approximate surface area is 118 Å². The number of nitrogens with one attached hydrogen (secondary N) is 1. The summed E-state index contributed by atoms with van der Waals surface area (Å²) in [6, 6.07) is 0. The maximum Gasteiger partial charge on any atom is 0.131 e. The van der Waals surface area contributed by atoms with Crippen LogP contribution < -0.4 is 5.32 Å². The monoisotopic (exact) mass is 281 g/mol. The number of rotatable bonds is 4. The van der Waals surface area contributed by atoms with E-state index in [-0.39, 0.29) is 0 Å². The molecule has 1 saturated heterocycles. The van der Waals surface area contributed by atoms with Gasteiger partial charge in [0.25, 0.3) is 0 Å². The van der Waals surface area contributed by atoms with Crippen molar-refractivity contribution in [3.63, 3.8) is 0 Å². The molecule has 2 heterocycles. The van der Waals surface area contributed by atoms with Crippen LogP contribution in [-0.2, 0) is 6.42 Å². The van der Waals surface area contributed by atoms with Crippen molar-refractivity contribution >= 4 is 11.6 Å². The topological polar surface area (TPSA) is 58.0 Å². The number of nitrogens with zero attached hydrogens (tertiary/aromatic N) is 2. The first-order chi connectivity index (χ1) is 9.18. The van der Waals surface area contributed by atoms with Gasteiger partial charge in [0, 0.05) is 18.8 Å². The maximum absolute atomic E-state index is 11.2. The van der Waals surface area contributed by atoms with Crippen LogP contribution in [0, 0.1) is 11.8 Å². The molecule has 1 aliphatic carbocycles. The first-order valence-electron chi connectivity index (χ1n) is 7.08. The van der Waals surface area contributed by atoms with Crippen molar-refractivity contribution in [1.29, 1.82) is 0 Å². The molecule has 0 bridgehead atoms. The molecule has 104 valence electrons. The predicted molar refractivity (Wildman–Crippen MR) is 74.0 cm³/mol. The van der Waals surface area contributed by atoms with E-state index < -0.39 is 5.60 Å². The van der Waals surface area contributed by atoms with Crippen molar-refractivity contribution in [3.05, 3.63) is 23.2 Å². The highest BCUT2D eigenvalue weighted by Gasteiger charge is 2.49. The van der Waals surface area contributed by atoms with Crippen LogP contribution >= 0.6 is 11.6 Å². The fraction of sp³-hybridized carbons (Fsp3) is 0.714. The van der Waals surface area contributed by atoms with Gasteiger partial charge in [-0.15, -0.1) is 0 Å². The zero-order valence-corrected chi connectivity index (χ0v) is 11.7. The van der Waals surface area contributed by atoms with E-state index in [9.17, 15) is 5.11 Å². The molecule has 3 rings (SSSR count). The Bertz CT molecular complexity index is 429. The molecule has 2 fully saturated rings. The van der Waals surface area contributed by atoms with Gasteiger partial charge in [0.05, 0.1) is 10.6 Å². The van der Waals surface area contributed by atoms with Crippen molar-refractivity contribution in [2.45, 2.75) is 37.7 Å². The van der Waals surface area contributed by atoms with Crippen LogP contribution in [0.3, 0.4) is 0 Å². The molecule has 1 saturated carbocycles. The first-order valence-corrected chi connectivity index (χ1v) is 7.46. The Morgan fingerprint density at radius 1 is 1.16 bits per heavy atom. The third-order valence-corrected chi connectivity index (χ3v) is 4.64. The third-order valence-electron chi connectivity index (χ3n) is 4.45. The normalized spacial score (nSPS) is 24.1. The van der Waals surface area contributed by atoms with Crippen LogP contribution in [0.1, 0.15) is 31.5 Å². The standard InChI is InChI=1S/C14H20ClN3O/c15-12-8-17-13(18-9-12)7-14(19,10-1-2-10)11-3-5-16-6-4-11/h8-11,16,19H,1-7H2. The summed E-state index contributed by atoms with van der Waals surface area (Å²) < 4.78 is 0. The molecule has 2 aliphatic rings. The van der Waals surface area contributed by atoms with Crippen molar-refractivity contribution < 1.29 is 5.11 Å². The molecular weight excluding hydrogens is 262 g/mol. The Balaban J connectivity index is 1.77. The van der Waals surface area contributed by atoms with Crippen LogP contribution in [0.5, 0.6) is 0 Å². The molecule has 19 heavy (non-hydrogen) atoms. The van der Waals surface area contributed by atoms with Crippen LogP contribution in [0.25, 0.3) is 0 Å². The number of aliphatic hydroxyl groups is 1. The van der Waals surface area contributed by atoms with Crippen LogP contribution in [-0.4, -0.2) is 33.8 Å². The second kappa shape index (κ2) is 5.35. The molecule has 1 unspecified atom stereocenters. The highest BCUT2D eigenvalue weighted by atomic mass is 35.5. The Hall–Kier alpha value is -0.710. The average Bonchev–Trinajstić information content (AvgIpc) is 3.27. The summed E-state index contributed by atoms with van der Waals surface area (Å²) in [5, 5.41) is 15.1. The second-order valence-corrected chi connectivity index (χ2v) is 6.22. The number of piperidine rings is 1. The van der Waals surface area contributed by atoms with E-state index in [1.165, 1.54) is 0 Å². The van der Waals surface area contributed by atoms with E-state index in [0.29, 0.717) is 29.1 Å². The number of hydrogen-bond donors (Lipinski definition) is 2. The number of halogens is 1. The fourth-order valence-corrected chi connectivity index (χ4v) is 3.31. The summed E-state index contributed by atoms with van der Waals surface area (Å²) in [6.07, 6.45) is 8.13. The molecule has 0 spiro atoms. The van der Waals surface area contributed by atoms with Gasteiger partial charge in [0.2, 0.25) is 0 Å². The Morgan fingerprint density at radius 3 is 2.32 bits per heavy atom. The van der Waals surface area contributed by atoms with E-state index in [2.05, 4.69) is 15.3 Å². The number of hydrogen-bond acceptors (Lipinski definition) is 4. The fourth-order valence-electron chi connectivity index (χ4n) is 3.21. The zero-order chi connectivity index (χ0) is 13.3. The maximum atomic E-state index is 11.2. The molecule has 0 radical (unpaired) electrons. The van der Waals surface area contributed by atoms with Gasteiger partial charge in [0.15, 0.2) is 0 Å². The Morgan fingerprint density at radius 2 is 1.74 bits per heavy atom. The average molecular weight is 282 g/mol. The lowest BCUT2D eigenvalue weighted by Gasteiger charge is -2.38. The summed E-state index contributed by atoms with van der Waals surface area (Å²) in [4.78, 5) is 8.50. The SMILES string of the molecule is OC(Cc1ncc(Cl)cn1)(C1CCNCC1)C1CC1. The van der Waals surface area contributed by atoms with E-state index in [1.807, 2.05) is 0 Å². The summed E-state index contributed by atoms with van der Waals surface area (Å²) in [6.45, 7) is 2.00. The van der Waals surface area contributed by atoms with Gasteiger partial charge in [-0.2, -0.15) is 0 Å². The summed E-state index contributed by atoms with van der Waals surface area (Å²) in [5.74, 6) is 1.49. The lowest BCUT2D eigenvalue weighted by atomic mass is 9.75. The predicted octanol–water partition coefficient (Wildman–Crippen LogP) is 1.81. The molecular formula is C14H20ClN3O. The highest BCUT2D eigenvalue weighted by Crippen LogP contribution is 2.47. The van der Waals surface area contributed by atoms with E-state index in [0.717, 1.165) is 38.8 Å². The minimum absolute atomic E-state index is 0.362. The molecule has 2 N–H and O–H groups in total. The van der Waals surface area contributed by atoms with E-state index >= 15 is 0 Å². The van der Waals surface area contributed by atoms with Gasteiger partial charge in [0.1, 0.15) is 5.82 Å². The molecule has 1 aromatic rings. The first kappa shape index (κ1) is 13.3. The molecule has 5 heteroatoms. The quantitative estimate of drug-likeness (QED) is 0.884. The lowest BCUT2D eigenvalue weighted by molar-refractivity contribution is -0.0510. The third kappa shape index (κ3) is 2.91. The molecule has 1 atom stereocenters. The van der Waals surface area contributed by atoms with Gasteiger partial charge in [-0.1, -0.05) is 11.6 Å². The summed E-state index contributed by atoms with van der Waals surface area (Å²) >= 11 is 5.81. The zero-order valence-electron chi connectivity index (χ0n) is 11.0. The Kier molecular flexibility index (Phi) is 3.74. The molecule has 1 aliphatic heterocycles. The summed E-state index contributed by atoms with van der Waals surface area (Å²) in [7, 11) is 0. The van der Waals surface area contributed by atoms with Crippen molar-refractivity contribution in [1.82, 2.24) is 15.3 Å². The second-order valence-electron chi connectivity index (χ2n) is 5.78. The van der Waals surface area contributed by atoms with Crippen LogP contribution in [0.15, 0.2) is 12.4 Å². The van der Waals surface area contributed by atoms with E-state index in [4.69, 9.17) is 11.6 Å². The minimum Gasteiger partial charge on any atom is -0.389 e. The van der Waals surface area contributed by atoms with E-state index in [1.54, 1.807) is 12.4 Å². The smallest absolute Gasteiger partial charge is 0.131 e. The van der Waals surface area contributed by atoms with Gasteiger partial charge < -0.3 is 10.4 Å². The minimum atomic E-state index is -0.629. The largest absolute Gasteiger partial charge is 0.389 e. The van der Waals surface area contributed by atoms with Gasteiger partial charge in [-0.05, 0) is 50.6 Å². The van der Waals surface area contributed by atoms with Crippen LogP contribution in [0.2, 0.25) is 5.02 Å². The molecule has 4 nitrogen and oxygen atoms in total. The molecule has 0 aromatic carbocycles. The van der Waals surface area contributed by atoms with Crippen molar-refractivity contribution in [2.24, 2.45) is 11.8 Å². The lowest BCUT2D eigenvalue weighted by Crippen LogP contribution is -2.47. The highest BCUT2D eigenvalue weighted by molar-refractivity contribution is 6.30. The molecule has 1 aromatic heterocycles. The van der Waals surface area contributed by atoms with Crippen molar-refractivity contribution in [3.8, 4) is 0 Å². The summed E-state index contributed by atoms with van der Waals surface area (Å²) in [5.41, 5.74) is -0.629.